The number of esters is 2. The molecule has 31 heavy (non-hydrogen) atoms. The van der Waals surface area contributed by atoms with Gasteiger partial charge in [0.2, 0.25) is 0 Å². The molecule has 184 valence electrons. The van der Waals surface area contributed by atoms with Crippen molar-refractivity contribution in [1.82, 2.24) is 0 Å². The van der Waals surface area contributed by atoms with E-state index in [2.05, 4.69) is 0 Å². The first-order valence-electron chi connectivity index (χ1n) is 11.6. The van der Waals surface area contributed by atoms with Crippen molar-refractivity contribution in [2.24, 2.45) is 0 Å². The van der Waals surface area contributed by atoms with Crippen molar-refractivity contribution in [2.75, 3.05) is 39.6 Å². The Bertz CT molecular complexity index is 474. The molecule has 0 aliphatic carbocycles. The summed E-state index contributed by atoms with van der Waals surface area (Å²) in [7, 11) is 0. The third kappa shape index (κ3) is 17.1. The lowest BCUT2D eigenvalue weighted by Gasteiger charge is -2.24. The van der Waals surface area contributed by atoms with E-state index in [1.54, 1.807) is 6.92 Å². The summed E-state index contributed by atoms with van der Waals surface area (Å²) in [4.78, 5) is 23.3. The molecule has 2 N–H and O–H groups in total. The van der Waals surface area contributed by atoms with Crippen LogP contribution < -0.4 is 0 Å². The first-order valence-corrected chi connectivity index (χ1v) is 11.6. The van der Waals surface area contributed by atoms with Gasteiger partial charge in [0.15, 0.2) is 0 Å². The smallest absolute Gasteiger partial charge is 0.305 e. The van der Waals surface area contributed by atoms with E-state index >= 15 is 0 Å². The molecule has 0 bridgehead atoms. The molecule has 1 unspecified atom stereocenters. The van der Waals surface area contributed by atoms with Crippen LogP contribution >= 0.6 is 0 Å². The second-order valence-corrected chi connectivity index (χ2v) is 8.15. The van der Waals surface area contributed by atoms with Gasteiger partial charge in [-0.15, -0.1) is 0 Å². The lowest BCUT2D eigenvalue weighted by molar-refractivity contribution is -0.147. The van der Waals surface area contributed by atoms with Gasteiger partial charge in [0.25, 0.3) is 0 Å². The molecule has 0 amide bonds. The normalized spacial score (nSPS) is 13.6. The van der Waals surface area contributed by atoms with Gasteiger partial charge in [-0.25, -0.2) is 0 Å². The lowest BCUT2D eigenvalue weighted by atomic mass is 9.94. The van der Waals surface area contributed by atoms with Gasteiger partial charge < -0.3 is 29.2 Å². The van der Waals surface area contributed by atoms with E-state index in [0.29, 0.717) is 71.4 Å². The predicted molar refractivity (Wildman–Crippen MR) is 118 cm³/mol. The van der Waals surface area contributed by atoms with E-state index in [0.717, 1.165) is 0 Å². The molecule has 0 aromatic rings. The molecule has 0 heterocycles. The van der Waals surface area contributed by atoms with E-state index in [9.17, 15) is 19.8 Å². The largest absolute Gasteiger partial charge is 0.463 e. The minimum atomic E-state index is -0.721. The molecule has 0 fully saturated rings. The Morgan fingerprint density at radius 3 is 1.55 bits per heavy atom. The highest BCUT2D eigenvalue weighted by atomic mass is 16.6. The van der Waals surface area contributed by atoms with Crippen LogP contribution in [0.2, 0.25) is 0 Å². The minimum absolute atomic E-state index is 0.184. The lowest BCUT2D eigenvalue weighted by Crippen LogP contribution is -2.28. The quantitative estimate of drug-likeness (QED) is 0.216. The van der Waals surface area contributed by atoms with E-state index in [1.165, 1.54) is 0 Å². The Kier molecular flexibility index (Phi) is 16.7. The van der Waals surface area contributed by atoms with Gasteiger partial charge in [-0.3, -0.25) is 9.59 Å². The molecule has 0 radical (unpaired) electrons. The zero-order valence-corrected chi connectivity index (χ0v) is 20.0. The molecule has 0 aromatic heterocycles. The summed E-state index contributed by atoms with van der Waals surface area (Å²) in [5.74, 6) is -0.628. The van der Waals surface area contributed by atoms with Crippen LogP contribution in [-0.2, 0) is 28.5 Å². The van der Waals surface area contributed by atoms with Crippen LogP contribution in [0, 0.1) is 0 Å². The van der Waals surface area contributed by atoms with E-state index < -0.39 is 11.2 Å². The molecule has 0 aromatic carbocycles. The van der Waals surface area contributed by atoms with E-state index in [4.69, 9.17) is 18.9 Å². The molecule has 0 saturated heterocycles. The Balaban J connectivity index is 3.53. The van der Waals surface area contributed by atoms with Crippen molar-refractivity contribution >= 4 is 11.9 Å². The Morgan fingerprint density at radius 1 is 0.677 bits per heavy atom. The molecule has 0 spiro atoms. The van der Waals surface area contributed by atoms with Gasteiger partial charge >= 0.3 is 11.9 Å². The summed E-state index contributed by atoms with van der Waals surface area (Å²) in [5.41, 5.74) is -1.40. The standard InChI is InChI=1S/C23H44O8/c1-5-22(4,26)12-14-28-16-18-30-20(24)10-8-9-11-21(25)31-19-17-29-15-13-23(27,6-2)7-3/h26-27H,5-19H2,1-4H3. The highest BCUT2D eigenvalue weighted by Gasteiger charge is 2.21. The van der Waals surface area contributed by atoms with E-state index in [1.807, 2.05) is 20.8 Å². The molecule has 1 atom stereocenters. The molecular formula is C23H44O8. The first-order chi connectivity index (χ1) is 14.7. The zero-order valence-electron chi connectivity index (χ0n) is 20.0. The Hall–Kier alpha value is -1.22. The Morgan fingerprint density at radius 2 is 1.13 bits per heavy atom. The van der Waals surface area contributed by atoms with Gasteiger partial charge in [0, 0.05) is 26.1 Å². The van der Waals surface area contributed by atoms with Crippen molar-refractivity contribution in [1.29, 1.82) is 0 Å². The number of ether oxygens (including phenoxy) is 4. The van der Waals surface area contributed by atoms with Gasteiger partial charge in [0.1, 0.15) is 13.2 Å². The summed E-state index contributed by atoms with van der Waals surface area (Å²) in [6, 6.07) is 0. The zero-order chi connectivity index (χ0) is 23.6. The van der Waals surface area contributed by atoms with Gasteiger partial charge in [-0.05, 0) is 51.9 Å². The number of carbonyl (C=O) groups is 2. The molecule has 8 nitrogen and oxygen atoms in total. The van der Waals surface area contributed by atoms with Crippen LogP contribution in [0.5, 0.6) is 0 Å². The second-order valence-electron chi connectivity index (χ2n) is 8.15. The fourth-order valence-electron chi connectivity index (χ4n) is 2.65. The first kappa shape index (κ1) is 29.8. The third-order valence-electron chi connectivity index (χ3n) is 5.57. The topological polar surface area (TPSA) is 112 Å². The van der Waals surface area contributed by atoms with Crippen molar-refractivity contribution in [3.63, 3.8) is 0 Å². The number of aliphatic hydroxyl groups is 2. The maximum absolute atomic E-state index is 11.7. The van der Waals surface area contributed by atoms with Crippen LogP contribution in [0.25, 0.3) is 0 Å². The average Bonchev–Trinajstić information content (AvgIpc) is 2.75. The fourth-order valence-corrected chi connectivity index (χ4v) is 2.65. The number of unbranched alkanes of at least 4 members (excludes halogenated alkanes) is 1. The van der Waals surface area contributed by atoms with Gasteiger partial charge in [0.05, 0.1) is 24.4 Å². The van der Waals surface area contributed by atoms with Crippen LogP contribution in [-0.4, -0.2) is 73.0 Å². The molecule has 0 aliphatic rings. The van der Waals surface area contributed by atoms with Crippen LogP contribution in [0.1, 0.15) is 85.5 Å². The fraction of sp³-hybridized carbons (Fsp3) is 0.913. The Labute approximate surface area is 187 Å². The summed E-state index contributed by atoms with van der Waals surface area (Å²) in [5, 5.41) is 20.0. The average molecular weight is 449 g/mol. The highest BCUT2D eigenvalue weighted by molar-refractivity contribution is 5.70. The number of rotatable bonds is 20. The molecule has 8 heteroatoms. The summed E-state index contributed by atoms with van der Waals surface area (Å²) in [6.45, 7) is 9.41. The van der Waals surface area contributed by atoms with Crippen LogP contribution in [0.4, 0.5) is 0 Å². The number of hydrogen-bond donors (Lipinski definition) is 2. The monoisotopic (exact) mass is 448 g/mol. The molecule has 0 aliphatic heterocycles. The predicted octanol–water partition coefficient (Wildman–Crippen LogP) is 3.16. The molecular weight excluding hydrogens is 404 g/mol. The van der Waals surface area contributed by atoms with E-state index in [-0.39, 0.29) is 38.0 Å². The SMILES string of the molecule is CCC(C)(O)CCOCCOC(=O)CCCCC(=O)OCCOCCC(O)(CC)CC. The summed E-state index contributed by atoms with van der Waals surface area (Å²) >= 11 is 0. The van der Waals surface area contributed by atoms with Crippen molar-refractivity contribution in [3.05, 3.63) is 0 Å². The van der Waals surface area contributed by atoms with Crippen molar-refractivity contribution in [3.8, 4) is 0 Å². The van der Waals surface area contributed by atoms with Crippen LogP contribution in [0.15, 0.2) is 0 Å². The molecule has 0 saturated carbocycles. The summed E-state index contributed by atoms with van der Waals surface area (Å²) in [6.07, 6.45) is 4.75. The molecule has 0 rings (SSSR count). The van der Waals surface area contributed by atoms with Crippen molar-refractivity contribution < 1.29 is 38.7 Å². The van der Waals surface area contributed by atoms with Crippen molar-refractivity contribution in [2.45, 2.75) is 96.7 Å². The van der Waals surface area contributed by atoms with Crippen LogP contribution in [0.3, 0.4) is 0 Å². The van der Waals surface area contributed by atoms with Gasteiger partial charge in [-0.1, -0.05) is 20.8 Å². The second kappa shape index (κ2) is 17.3. The maximum atomic E-state index is 11.7. The third-order valence-corrected chi connectivity index (χ3v) is 5.57. The number of hydrogen-bond acceptors (Lipinski definition) is 8. The highest BCUT2D eigenvalue weighted by Crippen LogP contribution is 2.18. The minimum Gasteiger partial charge on any atom is -0.463 e. The summed E-state index contributed by atoms with van der Waals surface area (Å²) < 4.78 is 20.9. The number of carbonyl (C=O) groups excluding carboxylic acids is 2. The van der Waals surface area contributed by atoms with Gasteiger partial charge in [-0.2, -0.15) is 0 Å². The maximum Gasteiger partial charge on any atom is 0.305 e.